The molecule has 0 atom stereocenters. The van der Waals surface area contributed by atoms with Gasteiger partial charge < -0.3 is 10.2 Å². The van der Waals surface area contributed by atoms with Crippen LogP contribution in [0.15, 0.2) is 47.5 Å². The van der Waals surface area contributed by atoms with E-state index in [0.717, 1.165) is 12.1 Å². The molecule has 1 aliphatic heterocycles. The Balaban J connectivity index is 1.59. The summed E-state index contributed by atoms with van der Waals surface area (Å²) in [5, 5.41) is 11.7. The molecule has 1 aromatic carbocycles. The molecule has 7 nitrogen and oxygen atoms in total. The molecule has 0 unspecified atom stereocenters. The van der Waals surface area contributed by atoms with Gasteiger partial charge in [-0.15, -0.1) is 0 Å². The molecular formula is C19H20N4O3S. The summed E-state index contributed by atoms with van der Waals surface area (Å²) < 4.78 is 23.3. The van der Waals surface area contributed by atoms with E-state index in [-0.39, 0.29) is 16.7 Å². The molecule has 1 amide bonds. The number of nitrogens with one attached hydrogen (secondary N) is 1. The molecule has 1 fully saturated rings. The highest BCUT2D eigenvalue weighted by molar-refractivity contribution is 7.90. The summed E-state index contributed by atoms with van der Waals surface area (Å²) in [6.07, 6.45) is 4.04. The maximum absolute atomic E-state index is 12.5. The molecular weight excluding hydrogens is 364 g/mol. The first kappa shape index (κ1) is 18.9. The predicted octanol–water partition coefficient (Wildman–Crippen LogP) is 2.21. The van der Waals surface area contributed by atoms with Gasteiger partial charge in [0.15, 0.2) is 9.84 Å². The number of sulfone groups is 1. The Hall–Kier alpha value is -2.92. The first-order chi connectivity index (χ1) is 12.9. The highest BCUT2D eigenvalue weighted by Gasteiger charge is 2.25. The lowest BCUT2D eigenvalue weighted by Gasteiger charge is -2.32. The molecule has 0 aliphatic carbocycles. The molecule has 1 aliphatic rings. The normalized spacial score (nSPS) is 15.2. The summed E-state index contributed by atoms with van der Waals surface area (Å²) in [6.45, 7) is 1.39. The minimum absolute atomic E-state index is 0.104. The third-order valence-corrected chi connectivity index (χ3v) is 5.71. The number of rotatable bonds is 4. The van der Waals surface area contributed by atoms with Gasteiger partial charge in [0.25, 0.3) is 0 Å². The molecule has 1 N–H and O–H groups in total. The van der Waals surface area contributed by atoms with E-state index in [1.807, 2.05) is 12.1 Å². The van der Waals surface area contributed by atoms with Crippen LogP contribution in [0.4, 0.5) is 11.5 Å². The molecule has 1 aromatic heterocycles. The van der Waals surface area contributed by atoms with E-state index in [4.69, 9.17) is 5.26 Å². The average Bonchev–Trinajstić information content (AvgIpc) is 2.68. The zero-order chi connectivity index (χ0) is 19.4. The van der Waals surface area contributed by atoms with Crippen LogP contribution >= 0.6 is 0 Å². The van der Waals surface area contributed by atoms with Crippen LogP contribution in [0.1, 0.15) is 18.4 Å². The topological polar surface area (TPSA) is 103 Å². The van der Waals surface area contributed by atoms with Gasteiger partial charge in [-0.2, -0.15) is 5.26 Å². The van der Waals surface area contributed by atoms with Gasteiger partial charge in [-0.1, -0.05) is 6.07 Å². The fourth-order valence-electron chi connectivity index (χ4n) is 3.06. The van der Waals surface area contributed by atoms with Crippen LogP contribution in [0.5, 0.6) is 0 Å². The van der Waals surface area contributed by atoms with Gasteiger partial charge in [0.2, 0.25) is 5.91 Å². The number of carbonyl (C=O) groups is 1. The number of benzene rings is 1. The third kappa shape index (κ3) is 4.63. The number of nitriles is 1. The first-order valence-corrected chi connectivity index (χ1v) is 10.5. The third-order valence-electron chi connectivity index (χ3n) is 4.60. The number of amides is 1. The van der Waals surface area contributed by atoms with Crippen molar-refractivity contribution in [3.63, 3.8) is 0 Å². The number of anilines is 2. The van der Waals surface area contributed by atoms with Gasteiger partial charge >= 0.3 is 0 Å². The minimum Gasteiger partial charge on any atom is -0.357 e. The maximum atomic E-state index is 12.5. The molecule has 2 aromatic rings. The van der Waals surface area contributed by atoms with Gasteiger partial charge in [-0.3, -0.25) is 4.79 Å². The highest BCUT2D eigenvalue weighted by atomic mass is 32.2. The summed E-state index contributed by atoms with van der Waals surface area (Å²) in [6, 6.07) is 11.9. The van der Waals surface area contributed by atoms with E-state index in [2.05, 4.69) is 15.2 Å². The molecule has 0 saturated carbocycles. The molecule has 27 heavy (non-hydrogen) atoms. The summed E-state index contributed by atoms with van der Waals surface area (Å²) in [4.78, 5) is 19.1. The average molecular weight is 384 g/mol. The van der Waals surface area contributed by atoms with Crippen LogP contribution in [-0.4, -0.2) is 38.7 Å². The molecule has 0 bridgehead atoms. The van der Waals surface area contributed by atoms with Gasteiger partial charge in [-0.05, 0) is 43.2 Å². The van der Waals surface area contributed by atoms with E-state index in [1.54, 1.807) is 24.4 Å². The summed E-state index contributed by atoms with van der Waals surface area (Å²) in [5.74, 6) is 0.559. The number of carbonyl (C=O) groups excluding carboxylic acids is 1. The fourth-order valence-corrected chi connectivity index (χ4v) is 3.73. The number of hydrogen-bond acceptors (Lipinski definition) is 6. The lowest BCUT2D eigenvalue weighted by molar-refractivity contribution is -0.120. The van der Waals surface area contributed by atoms with E-state index < -0.39 is 9.84 Å². The Morgan fingerprint density at radius 2 is 2.00 bits per heavy atom. The second-order valence-electron chi connectivity index (χ2n) is 6.57. The van der Waals surface area contributed by atoms with E-state index in [9.17, 15) is 13.2 Å². The zero-order valence-electron chi connectivity index (χ0n) is 14.9. The SMILES string of the molecule is CS(=O)(=O)c1cccc(NC(=O)C2CCN(c3ccc(C#N)cn3)CC2)c1. The Morgan fingerprint density at radius 3 is 2.59 bits per heavy atom. The van der Waals surface area contributed by atoms with Crippen LogP contribution in [0.25, 0.3) is 0 Å². The van der Waals surface area contributed by atoms with Gasteiger partial charge in [0.05, 0.1) is 10.5 Å². The van der Waals surface area contributed by atoms with Crippen LogP contribution < -0.4 is 10.2 Å². The molecule has 2 heterocycles. The monoisotopic (exact) mass is 384 g/mol. The van der Waals surface area contributed by atoms with Crippen LogP contribution in [0.3, 0.4) is 0 Å². The van der Waals surface area contributed by atoms with Crippen molar-refractivity contribution in [2.45, 2.75) is 17.7 Å². The summed E-state index contributed by atoms with van der Waals surface area (Å²) >= 11 is 0. The Kier molecular flexibility index (Phi) is 5.42. The summed E-state index contributed by atoms with van der Waals surface area (Å²) in [5.41, 5.74) is 1.00. The highest BCUT2D eigenvalue weighted by Crippen LogP contribution is 2.24. The fraction of sp³-hybridized carbons (Fsp3) is 0.316. The van der Waals surface area contributed by atoms with E-state index >= 15 is 0 Å². The smallest absolute Gasteiger partial charge is 0.227 e. The number of hydrogen-bond donors (Lipinski definition) is 1. The van der Waals surface area contributed by atoms with Crippen LogP contribution in [-0.2, 0) is 14.6 Å². The lowest BCUT2D eigenvalue weighted by Crippen LogP contribution is -2.38. The van der Waals surface area contributed by atoms with Crippen molar-refractivity contribution in [1.29, 1.82) is 5.26 Å². The van der Waals surface area contributed by atoms with Crippen molar-refractivity contribution in [1.82, 2.24) is 4.98 Å². The van der Waals surface area contributed by atoms with Crippen molar-refractivity contribution in [2.24, 2.45) is 5.92 Å². The van der Waals surface area contributed by atoms with Crippen molar-refractivity contribution >= 4 is 27.2 Å². The molecule has 0 spiro atoms. The van der Waals surface area contributed by atoms with E-state index in [0.29, 0.717) is 37.2 Å². The number of pyridine rings is 1. The van der Waals surface area contributed by atoms with E-state index in [1.165, 1.54) is 12.1 Å². The second kappa shape index (κ2) is 7.76. The Bertz CT molecular complexity index is 973. The van der Waals surface area contributed by atoms with Crippen molar-refractivity contribution < 1.29 is 13.2 Å². The second-order valence-corrected chi connectivity index (χ2v) is 8.58. The number of aromatic nitrogens is 1. The largest absolute Gasteiger partial charge is 0.357 e. The molecule has 8 heteroatoms. The predicted molar refractivity (Wildman–Crippen MR) is 102 cm³/mol. The van der Waals surface area contributed by atoms with Crippen LogP contribution in [0, 0.1) is 17.2 Å². The molecule has 1 saturated heterocycles. The molecule has 140 valence electrons. The first-order valence-electron chi connectivity index (χ1n) is 8.59. The zero-order valence-corrected chi connectivity index (χ0v) is 15.7. The Labute approximate surface area is 158 Å². The van der Waals surface area contributed by atoms with Crippen molar-refractivity contribution in [2.75, 3.05) is 29.6 Å². The van der Waals surface area contributed by atoms with Crippen molar-refractivity contribution in [3.8, 4) is 6.07 Å². The lowest BCUT2D eigenvalue weighted by atomic mass is 9.95. The van der Waals surface area contributed by atoms with Gasteiger partial charge in [0.1, 0.15) is 11.9 Å². The summed E-state index contributed by atoms with van der Waals surface area (Å²) in [7, 11) is -3.31. The number of nitrogens with zero attached hydrogens (tertiary/aromatic N) is 3. The molecule has 3 rings (SSSR count). The minimum atomic E-state index is -3.31. The Morgan fingerprint density at radius 1 is 1.26 bits per heavy atom. The van der Waals surface area contributed by atoms with Gasteiger partial charge in [0, 0.05) is 37.1 Å². The van der Waals surface area contributed by atoms with Gasteiger partial charge in [-0.25, -0.2) is 13.4 Å². The molecule has 0 radical (unpaired) electrons. The van der Waals surface area contributed by atoms with Crippen LogP contribution in [0.2, 0.25) is 0 Å². The number of piperidine rings is 1. The van der Waals surface area contributed by atoms with Crippen molar-refractivity contribution in [3.05, 3.63) is 48.2 Å². The standard InChI is InChI=1S/C19H20N4O3S/c1-27(25,26)17-4-2-3-16(11-17)22-19(24)15-7-9-23(10-8-15)18-6-5-14(12-20)13-21-18/h2-6,11,13,15H,7-10H2,1H3,(H,22,24). The maximum Gasteiger partial charge on any atom is 0.227 e. The quantitative estimate of drug-likeness (QED) is 0.867.